The van der Waals surface area contributed by atoms with Crippen molar-refractivity contribution < 1.29 is 4.79 Å². The zero-order chi connectivity index (χ0) is 20.8. The highest BCUT2D eigenvalue weighted by atomic mass is 35.5. The lowest BCUT2D eigenvalue weighted by atomic mass is 10.3. The Labute approximate surface area is 183 Å². The number of rotatable bonds is 8. The van der Waals surface area contributed by atoms with E-state index in [1.54, 1.807) is 24.3 Å². The maximum absolute atomic E-state index is 12.2. The molecule has 3 rings (SSSR count). The van der Waals surface area contributed by atoms with E-state index in [1.165, 1.54) is 23.5 Å². The summed E-state index contributed by atoms with van der Waals surface area (Å²) in [6, 6.07) is 8.96. The lowest BCUT2D eigenvalue weighted by Crippen LogP contribution is -2.14. The molecule has 1 amide bonds. The predicted molar refractivity (Wildman–Crippen MR) is 118 cm³/mol. The molecule has 0 saturated carbocycles. The van der Waals surface area contributed by atoms with Crippen molar-refractivity contribution in [2.45, 2.75) is 43.4 Å². The Bertz CT molecular complexity index is 973. The fourth-order valence-corrected chi connectivity index (χ4v) is 4.43. The Balaban J connectivity index is 1.58. The van der Waals surface area contributed by atoms with E-state index < -0.39 is 0 Å². The molecule has 0 aliphatic rings. The van der Waals surface area contributed by atoms with Gasteiger partial charge in [-0.15, -0.1) is 10.2 Å². The number of carbonyl (C=O) groups excluding carboxylic acids is 1. The number of thioether (sulfide) groups is 2. The highest BCUT2D eigenvalue weighted by Gasteiger charge is 2.14. The molecule has 2 aromatic heterocycles. The predicted octanol–water partition coefficient (Wildman–Crippen LogP) is 4.38. The van der Waals surface area contributed by atoms with Crippen LogP contribution in [0.1, 0.15) is 24.1 Å². The molecule has 0 fully saturated rings. The maximum atomic E-state index is 12.2. The Kier molecular flexibility index (Phi) is 7.51. The highest BCUT2D eigenvalue weighted by Crippen LogP contribution is 2.23. The van der Waals surface area contributed by atoms with Crippen LogP contribution >= 0.6 is 35.1 Å². The zero-order valence-corrected chi connectivity index (χ0v) is 18.7. The molecule has 1 aromatic carbocycles. The van der Waals surface area contributed by atoms with Gasteiger partial charge in [0, 0.05) is 28.6 Å². The molecule has 10 heteroatoms. The average molecular weight is 449 g/mol. The first kappa shape index (κ1) is 21.6. The quantitative estimate of drug-likeness (QED) is 0.404. The van der Waals surface area contributed by atoms with E-state index in [1.807, 2.05) is 31.4 Å². The normalized spacial score (nSPS) is 10.9. The van der Waals surface area contributed by atoms with Crippen LogP contribution in [0.25, 0.3) is 0 Å². The molecular weight excluding hydrogens is 428 g/mol. The number of amides is 1. The number of halogens is 1. The van der Waals surface area contributed by atoms with Crippen LogP contribution in [-0.4, -0.2) is 36.4 Å². The number of anilines is 1. The number of hydrogen-bond donors (Lipinski definition) is 1. The summed E-state index contributed by atoms with van der Waals surface area (Å²) in [5, 5.41) is 13.5. The third kappa shape index (κ3) is 6.19. The van der Waals surface area contributed by atoms with Crippen LogP contribution in [0.15, 0.2) is 40.6 Å². The molecule has 1 N–H and O–H groups in total. The van der Waals surface area contributed by atoms with Crippen molar-refractivity contribution in [1.82, 2.24) is 24.7 Å². The summed E-state index contributed by atoms with van der Waals surface area (Å²) in [6.07, 6.45) is 0. The van der Waals surface area contributed by atoms with Crippen molar-refractivity contribution in [2.75, 3.05) is 11.1 Å². The summed E-state index contributed by atoms with van der Waals surface area (Å²) in [7, 11) is 0. The zero-order valence-electron chi connectivity index (χ0n) is 16.3. The van der Waals surface area contributed by atoms with Gasteiger partial charge in [-0.25, -0.2) is 9.97 Å². The SMILES string of the molecule is CCn1c(CSc2nc(C)cc(C)n2)nnc1SCC(=O)Nc1ccc(Cl)cc1. The molecule has 7 nitrogen and oxygen atoms in total. The van der Waals surface area contributed by atoms with E-state index in [9.17, 15) is 4.79 Å². The summed E-state index contributed by atoms with van der Waals surface area (Å²) in [6.45, 7) is 6.66. The fourth-order valence-electron chi connectivity index (χ4n) is 2.60. The van der Waals surface area contributed by atoms with E-state index in [4.69, 9.17) is 11.6 Å². The molecule has 29 heavy (non-hydrogen) atoms. The first-order chi connectivity index (χ1) is 13.9. The summed E-state index contributed by atoms with van der Waals surface area (Å²) < 4.78 is 2.01. The molecular formula is C19H21ClN6OS2. The molecule has 0 spiro atoms. The second-order valence-electron chi connectivity index (χ2n) is 6.21. The standard InChI is InChI=1S/C19H21ClN6OS2/c1-4-26-16(10-28-18-21-12(2)9-13(3)22-18)24-25-19(26)29-11-17(27)23-15-7-5-14(20)6-8-15/h5-9H,4,10-11H2,1-3H3,(H,23,27). The van der Waals surface area contributed by atoms with Crippen LogP contribution in [-0.2, 0) is 17.1 Å². The van der Waals surface area contributed by atoms with E-state index >= 15 is 0 Å². The van der Waals surface area contributed by atoms with Crippen molar-refractivity contribution in [1.29, 1.82) is 0 Å². The van der Waals surface area contributed by atoms with Gasteiger partial charge in [0.05, 0.1) is 11.5 Å². The number of nitrogens with zero attached hydrogens (tertiary/aromatic N) is 5. The van der Waals surface area contributed by atoms with Gasteiger partial charge in [0.2, 0.25) is 5.91 Å². The van der Waals surface area contributed by atoms with Crippen molar-refractivity contribution in [3.05, 3.63) is 52.6 Å². The minimum Gasteiger partial charge on any atom is -0.325 e. The first-order valence-corrected chi connectivity index (χ1v) is 11.3. The van der Waals surface area contributed by atoms with Gasteiger partial charge in [-0.05, 0) is 51.1 Å². The number of aromatic nitrogens is 5. The van der Waals surface area contributed by atoms with Gasteiger partial charge in [-0.1, -0.05) is 35.1 Å². The van der Waals surface area contributed by atoms with Gasteiger partial charge in [-0.2, -0.15) is 0 Å². The monoisotopic (exact) mass is 448 g/mol. The topological polar surface area (TPSA) is 85.6 Å². The molecule has 3 aromatic rings. The van der Waals surface area contributed by atoms with Crippen molar-refractivity contribution >= 4 is 46.7 Å². The number of aryl methyl sites for hydroxylation is 2. The Morgan fingerprint density at radius 1 is 1.10 bits per heavy atom. The number of nitrogens with one attached hydrogen (secondary N) is 1. The lowest BCUT2D eigenvalue weighted by Gasteiger charge is -2.08. The van der Waals surface area contributed by atoms with E-state index in [2.05, 4.69) is 25.5 Å². The van der Waals surface area contributed by atoms with Gasteiger partial charge in [0.15, 0.2) is 10.3 Å². The molecule has 0 radical (unpaired) electrons. The van der Waals surface area contributed by atoms with Crippen LogP contribution in [0.4, 0.5) is 5.69 Å². The second-order valence-corrected chi connectivity index (χ2v) is 8.53. The smallest absolute Gasteiger partial charge is 0.234 e. The average Bonchev–Trinajstić information content (AvgIpc) is 3.07. The molecule has 0 aliphatic heterocycles. The van der Waals surface area contributed by atoms with Gasteiger partial charge >= 0.3 is 0 Å². The van der Waals surface area contributed by atoms with E-state index in [0.717, 1.165) is 34.1 Å². The van der Waals surface area contributed by atoms with Gasteiger partial charge in [0.25, 0.3) is 0 Å². The van der Waals surface area contributed by atoms with Crippen molar-refractivity contribution in [3.63, 3.8) is 0 Å². The second kappa shape index (κ2) is 10.1. The van der Waals surface area contributed by atoms with Crippen LogP contribution in [0, 0.1) is 13.8 Å². The van der Waals surface area contributed by atoms with Gasteiger partial charge in [-0.3, -0.25) is 4.79 Å². The molecule has 0 unspecified atom stereocenters. The van der Waals surface area contributed by atoms with E-state index in [0.29, 0.717) is 16.5 Å². The summed E-state index contributed by atoms with van der Waals surface area (Å²) >= 11 is 8.75. The maximum Gasteiger partial charge on any atom is 0.234 e. The van der Waals surface area contributed by atoms with Crippen LogP contribution in [0.3, 0.4) is 0 Å². The number of carbonyl (C=O) groups is 1. The third-order valence-corrected chi connectivity index (χ3v) is 5.92. The fraction of sp³-hybridized carbons (Fsp3) is 0.316. The molecule has 0 aliphatic carbocycles. The minimum absolute atomic E-state index is 0.109. The van der Waals surface area contributed by atoms with Crippen LogP contribution < -0.4 is 5.32 Å². The summed E-state index contributed by atoms with van der Waals surface area (Å²) in [4.78, 5) is 21.1. The molecule has 152 valence electrons. The van der Waals surface area contributed by atoms with Gasteiger partial charge in [0.1, 0.15) is 5.82 Å². The molecule has 0 atom stereocenters. The van der Waals surface area contributed by atoms with Crippen molar-refractivity contribution in [3.8, 4) is 0 Å². The van der Waals surface area contributed by atoms with Crippen LogP contribution in [0.5, 0.6) is 0 Å². The summed E-state index contributed by atoms with van der Waals surface area (Å²) in [5.41, 5.74) is 2.60. The largest absolute Gasteiger partial charge is 0.325 e. The van der Waals surface area contributed by atoms with E-state index in [-0.39, 0.29) is 11.7 Å². The number of hydrogen-bond acceptors (Lipinski definition) is 7. The molecule has 0 saturated heterocycles. The minimum atomic E-state index is -0.109. The Morgan fingerprint density at radius 3 is 2.45 bits per heavy atom. The Hall–Kier alpha value is -2.10. The summed E-state index contributed by atoms with van der Waals surface area (Å²) in [5.74, 6) is 1.58. The van der Waals surface area contributed by atoms with Gasteiger partial charge < -0.3 is 9.88 Å². The lowest BCUT2D eigenvalue weighted by molar-refractivity contribution is -0.113. The highest BCUT2D eigenvalue weighted by molar-refractivity contribution is 7.99. The molecule has 0 bridgehead atoms. The first-order valence-electron chi connectivity index (χ1n) is 9.00. The van der Waals surface area contributed by atoms with Crippen LogP contribution in [0.2, 0.25) is 5.02 Å². The third-order valence-electron chi connectivity index (χ3n) is 3.86. The Morgan fingerprint density at radius 2 is 1.79 bits per heavy atom. The molecule has 2 heterocycles. The number of benzene rings is 1. The van der Waals surface area contributed by atoms with Crippen molar-refractivity contribution in [2.24, 2.45) is 0 Å².